The van der Waals surface area contributed by atoms with E-state index in [2.05, 4.69) is 19.2 Å². The molecule has 0 spiro atoms. The van der Waals surface area contributed by atoms with E-state index in [-0.39, 0.29) is 18.5 Å². The number of amides is 1. The Bertz CT molecular complexity index is 1200. The monoisotopic (exact) mass is 1020 g/mol. The van der Waals surface area contributed by atoms with E-state index in [0.29, 0.717) is 19.4 Å². The highest BCUT2D eigenvalue weighted by molar-refractivity contribution is 5.76. The van der Waals surface area contributed by atoms with Crippen molar-refractivity contribution in [1.29, 1.82) is 0 Å². The van der Waals surface area contributed by atoms with Gasteiger partial charge in [0.2, 0.25) is 5.91 Å². The molecule has 1 fully saturated rings. The van der Waals surface area contributed by atoms with E-state index in [9.17, 15) is 35.1 Å². The number of hydrogen-bond donors (Lipinski definition) is 6. The number of ether oxygens (including phenoxy) is 3. The van der Waals surface area contributed by atoms with Crippen LogP contribution < -0.4 is 5.32 Å². The maximum atomic E-state index is 13.1. The number of esters is 1. The lowest BCUT2D eigenvalue weighted by Gasteiger charge is -2.40. The quantitative estimate of drug-likeness (QED) is 0.0195. The predicted octanol–water partition coefficient (Wildman–Crippen LogP) is 14.3. The standard InChI is InChI=1S/C61H117NO10/c1-3-5-7-9-11-13-15-16-21-24-28-31-35-39-43-47-54(64)53(52-71-61-60(69)59(68)58(67)55(51-63)72-61)62-56(65)48-44-40-36-32-29-25-22-19-17-18-20-23-26-30-34-38-42-46-50-70-57(66)49-45-41-37-33-27-14-12-10-8-6-4-2/h43,47,53-55,58-61,63-64,67-69H,3-42,44-46,48-52H2,1-2H3,(H,62,65)/b47-43+. The van der Waals surface area contributed by atoms with Crippen molar-refractivity contribution in [3.63, 3.8) is 0 Å². The SMILES string of the molecule is CCCCCCCCCCCCCCC/C=C/C(O)C(COC1OC(CO)C(O)C(O)C1O)NC(=O)CCCCCCCCCCCCCCCCCCCCOC(=O)CCCCCCCCCCCCC. The normalized spacial score (nSPS) is 19.0. The van der Waals surface area contributed by atoms with Gasteiger partial charge in [-0.25, -0.2) is 0 Å². The zero-order valence-corrected chi connectivity index (χ0v) is 46.9. The third-order valence-corrected chi connectivity index (χ3v) is 14.9. The van der Waals surface area contributed by atoms with Crippen LogP contribution in [0.25, 0.3) is 0 Å². The van der Waals surface area contributed by atoms with Crippen molar-refractivity contribution in [2.24, 2.45) is 0 Å². The molecule has 0 radical (unpaired) electrons. The Hall–Kier alpha value is -1.60. The summed E-state index contributed by atoms with van der Waals surface area (Å²) in [5, 5.41) is 54.5. The van der Waals surface area contributed by atoms with Crippen LogP contribution in [0.15, 0.2) is 12.2 Å². The van der Waals surface area contributed by atoms with Gasteiger partial charge in [-0.1, -0.05) is 270 Å². The summed E-state index contributed by atoms with van der Waals surface area (Å²) in [7, 11) is 0. The summed E-state index contributed by atoms with van der Waals surface area (Å²) in [6.07, 6.45) is 50.0. The summed E-state index contributed by atoms with van der Waals surface area (Å²) in [6.45, 7) is 4.35. The number of aliphatic hydroxyl groups excluding tert-OH is 5. The summed E-state index contributed by atoms with van der Waals surface area (Å²) in [4.78, 5) is 25.1. The fraction of sp³-hybridized carbons (Fsp3) is 0.934. The van der Waals surface area contributed by atoms with Crippen molar-refractivity contribution in [2.45, 2.75) is 346 Å². The minimum Gasteiger partial charge on any atom is -0.466 e. The summed E-state index contributed by atoms with van der Waals surface area (Å²) in [6, 6.07) is -0.812. The van der Waals surface area contributed by atoms with Crippen LogP contribution in [0.4, 0.5) is 0 Å². The van der Waals surface area contributed by atoms with Crippen LogP contribution in [0.5, 0.6) is 0 Å². The molecule has 1 aliphatic rings. The van der Waals surface area contributed by atoms with Crippen molar-refractivity contribution in [2.75, 3.05) is 19.8 Å². The Kier molecular flexibility index (Phi) is 48.9. The minimum absolute atomic E-state index is 0.00805. The van der Waals surface area contributed by atoms with E-state index in [1.54, 1.807) is 6.08 Å². The molecule has 0 aliphatic carbocycles. The molecule has 0 aromatic heterocycles. The van der Waals surface area contributed by atoms with Crippen LogP contribution in [0.3, 0.4) is 0 Å². The highest BCUT2D eigenvalue weighted by atomic mass is 16.7. The Morgan fingerprint density at radius 3 is 1.29 bits per heavy atom. The fourth-order valence-electron chi connectivity index (χ4n) is 9.97. The van der Waals surface area contributed by atoms with Crippen molar-refractivity contribution in [3.8, 4) is 0 Å². The number of carbonyl (C=O) groups excluding carboxylic acids is 2. The Morgan fingerprint density at radius 2 is 0.875 bits per heavy atom. The first kappa shape index (κ1) is 68.4. The summed E-state index contributed by atoms with van der Waals surface area (Å²) >= 11 is 0. The number of unbranched alkanes of at least 4 members (excludes halogenated alkanes) is 40. The van der Waals surface area contributed by atoms with Crippen molar-refractivity contribution in [1.82, 2.24) is 5.32 Å². The summed E-state index contributed by atoms with van der Waals surface area (Å²) in [5.41, 5.74) is 0. The number of carbonyl (C=O) groups is 2. The molecule has 6 N–H and O–H groups in total. The van der Waals surface area contributed by atoms with Gasteiger partial charge in [0.05, 0.1) is 32.0 Å². The van der Waals surface area contributed by atoms with Gasteiger partial charge in [-0.15, -0.1) is 0 Å². The van der Waals surface area contributed by atoms with Gasteiger partial charge in [0.1, 0.15) is 24.4 Å². The maximum absolute atomic E-state index is 13.1. The molecular formula is C61H117NO10. The summed E-state index contributed by atoms with van der Waals surface area (Å²) < 4.78 is 16.7. The van der Waals surface area contributed by atoms with E-state index in [4.69, 9.17) is 14.2 Å². The Balaban J connectivity index is 2.10. The van der Waals surface area contributed by atoms with E-state index in [0.717, 1.165) is 64.2 Å². The molecular weight excluding hydrogens is 907 g/mol. The van der Waals surface area contributed by atoms with Gasteiger partial charge in [-0.2, -0.15) is 0 Å². The highest BCUT2D eigenvalue weighted by Gasteiger charge is 2.44. The van der Waals surface area contributed by atoms with Gasteiger partial charge < -0.3 is 45.1 Å². The number of allylic oxidation sites excluding steroid dienone is 1. The Morgan fingerprint density at radius 1 is 0.500 bits per heavy atom. The fourth-order valence-corrected chi connectivity index (χ4v) is 9.97. The molecule has 1 saturated heterocycles. The molecule has 11 heteroatoms. The first-order valence-electron chi connectivity index (χ1n) is 31.0. The molecule has 0 bridgehead atoms. The maximum Gasteiger partial charge on any atom is 0.305 e. The number of hydrogen-bond acceptors (Lipinski definition) is 10. The molecule has 7 unspecified atom stereocenters. The number of aliphatic hydroxyl groups is 5. The first-order valence-corrected chi connectivity index (χ1v) is 31.0. The second-order valence-corrected chi connectivity index (χ2v) is 21.8. The molecule has 1 heterocycles. The van der Waals surface area contributed by atoms with Crippen LogP contribution in [0.1, 0.15) is 303 Å². The number of nitrogens with one attached hydrogen (secondary N) is 1. The van der Waals surface area contributed by atoms with Gasteiger partial charge in [0, 0.05) is 12.8 Å². The zero-order valence-electron chi connectivity index (χ0n) is 46.9. The third-order valence-electron chi connectivity index (χ3n) is 14.9. The zero-order chi connectivity index (χ0) is 52.4. The molecule has 7 atom stereocenters. The molecule has 0 saturated carbocycles. The van der Waals surface area contributed by atoms with Crippen LogP contribution in [0.2, 0.25) is 0 Å². The smallest absolute Gasteiger partial charge is 0.305 e. The van der Waals surface area contributed by atoms with Crippen molar-refractivity contribution in [3.05, 3.63) is 12.2 Å². The predicted molar refractivity (Wildman–Crippen MR) is 297 cm³/mol. The molecule has 0 aromatic rings. The molecule has 1 aliphatic heterocycles. The lowest BCUT2D eigenvalue weighted by molar-refractivity contribution is -0.302. The van der Waals surface area contributed by atoms with E-state index >= 15 is 0 Å². The molecule has 1 amide bonds. The first-order chi connectivity index (χ1) is 35.2. The van der Waals surface area contributed by atoms with E-state index in [1.165, 1.54) is 212 Å². The van der Waals surface area contributed by atoms with Gasteiger partial charge >= 0.3 is 5.97 Å². The van der Waals surface area contributed by atoms with Gasteiger partial charge in [0.15, 0.2) is 6.29 Å². The molecule has 72 heavy (non-hydrogen) atoms. The molecule has 11 nitrogen and oxygen atoms in total. The van der Waals surface area contributed by atoms with E-state index in [1.807, 2.05) is 6.08 Å². The lowest BCUT2D eigenvalue weighted by Crippen LogP contribution is -2.60. The second kappa shape index (κ2) is 51.5. The van der Waals surface area contributed by atoms with Crippen LogP contribution in [-0.4, -0.2) is 100 Å². The van der Waals surface area contributed by atoms with Gasteiger partial charge in [-0.05, 0) is 32.1 Å². The van der Waals surface area contributed by atoms with Crippen LogP contribution in [-0.2, 0) is 23.8 Å². The molecule has 0 aromatic carbocycles. The minimum atomic E-state index is -1.57. The largest absolute Gasteiger partial charge is 0.466 e. The second-order valence-electron chi connectivity index (χ2n) is 21.8. The van der Waals surface area contributed by atoms with Gasteiger partial charge in [0.25, 0.3) is 0 Å². The van der Waals surface area contributed by atoms with Crippen LogP contribution in [0, 0.1) is 0 Å². The average Bonchev–Trinajstić information content (AvgIpc) is 3.38. The third kappa shape index (κ3) is 40.7. The van der Waals surface area contributed by atoms with Crippen molar-refractivity contribution >= 4 is 11.9 Å². The summed E-state index contributed by atoms with van der Waals surface area (Å²) in [5.74, 6) is -0.191. The highest BCUT2D eigenvalue weighted by Crippen LogP contribution is 2.23. The lowest BCUT2D eigenvalue weighted by atomic mass is 9.99. The van der Waals surface area contributed by atoms with E-state index < -0.39 is 49.5 Å². The van der Waals surface area contributed by atoms with Gasteiger partial charge in [-0.3, -0.25) is 9.59 Å². The Labute approximate surface area is 442 Å². The average molecular weight is 1020 g/mol. The number of rotatable bonds is 54. The topological polar surface area (TPSA) is 175 Å². The molecule has 426 valence electrons. The van der Waals surface area contributed by atoms with Crippen molar-refractivity contribution < 1.29 is 49.3 Å². The molecule has 1 rings (SSSR count). The van der Waals surface area contributed by atoms with Crippen LogP contribution >= 0.6 is 0 Å².